The number of rotatable bonds is 3. The molecule has 0 bridgehead atoms. The van der Waals surface area contributed by atoms with Gasteiger partial charge in [-0.25, -0.2) is 0 Å². The van der Waals surface area contributed by atoms with Crippen LogP contribution in [0.5, 0.6) is 0 Å². The number of aliphatic hydroxyl groups is 1. The first-order chi connectivity index (χ1) is 15.1. The molecule has 1 amide bonds. The van der Waals surface area contributed by atoms with Gasteiger partial charge in [0.2, 0.25) is 0 Å². The number of hydrogen-bond acceptors (Lipinski definition) is 5. The number of aromatic nitrogens is 1. The maximum Gasteiger partial charge on any atom is 0.301 e. The van der Waals surface area contributed by atoms with Gasteiger partial charge < -0.3 is 9.63 Å². The van der Waals surface area contributed by atoms with Crippen LogP contribution in [0, 0.1) is 0 Å². The fraction of sp³-hybridized carbons (Fsp3) is 0.208. The van der Waals surface area contributed by atoms with Crippen molar-refractivity contribution in [3.05, 3.63) is 86.6 Å². The summed E-state index contributed by atoms with van der Waals surface area (Å²) in [4.78, 5) is 27.5. The van der Waals surface area contributed by atoms with Gasteiger partial charge in [0, 0.05) is 26.5 Å². The van der Waals surface area contributed by atoms with Crippen LogP contribution in [0.2, 0.25) is 5.02 Å². The minimum absolute atomic E-state index is 0.0641. The van der Waals surface area contributed by atoms with Crippen LogP contribution in [0.25, 0.3) is 5.76 Å². The molecule has 4 rings (SSSR count). The normalized spacial score (nSPS) is 18.4. The van der Waals surface area contributed by atoms with E-state index in [0.717, 1.165) is 4.47 Å². The first-order valence-corrected chi connectivity index (χ1v) is 11.0. The Morgan fingerprint density at radius 2 is 1.78 bits per heavy atom. The highest BCUT2D eigenvalue weighted by molar-refractivity contribution is 9.10. The van der Waals surface area contributed by atoms with Crippen LogP contribution in [0.3, 0.4) is 0 Å². The molecule has 1 atom stereocenters. The van der Waals surface area contributed by atoms with E-state index in [1.807, 2.05) is 20.8 Å². The third-order valence-corrected chi connectivity index (χ3v) is 6.12. The molecule has 1 N–H and O–H groups in total. The molecule has 1 aromatic heterocycles. The van der Waals surface area contributed by atoms with Gasteiger partial charge in [0.15, 0.2) is 5.82 Å². The number of nitrogens with zero attached hydrogens (tertiary/aromatic N) is 2. The average molecular weight is 516 g/mol. The second-order valence-electron chi connectivity index (χ2n) is 8.50. The van der Waals surface area contributed by atoms with Crippen molar-refractivity contribution in [1.29, 1.82) is 0 Å². The van der Waals surface area contributed by atoms with Gasteiger partial charge in [0.25, 0.3) is 5.78 Å². The van der Waals surface area contributed by atoms with Gasteiger partial charge >= 0.3 is 5.91 Å². The Bertz CT molecular complexity index is 1240. The molecule has 0 saturated carbocycles. The summed E-state index contributed by atoms with van der Waals surface area (Å²) in [6.07, 6.45) is 0. The molecule has 0 unspecified atom stereocenters. The van der Waals surface area contributed by atoms with Crippen LogP contribution in [0.4, 0.5) is 5.82 Å². The Hall–Kier alpha value is -2.90. The maximum atomic E-state index is 13.2. The fourth-order valence-electron chi connectivity index (χ4n) is 3.56. The maximum absolute atomic E-state index is 13.2. The standard InChI is InChI=1S/C24H20BrClN2O4/c1-24(2,3)17-12-18(27-32-17)28-20(15-6-4-5-7-16(15)26)19(22(30)23(28)31)21(29)13-8-10-14(25)11-9-13/h4-12,20,29H,1-3H3/b21-19+/t20-/m1/s1. The van der Waals surface area contributed by atoms with Crippen LogP contribution in [-0.4, -0.2) is 22.0 Å². The van der Waals surface area contributed by atoms with E-state index in [-0.39, 0.29) is 22.6 Å². The summed E-state index contributed by atoms with van der Waals surface area (Å²) in [5, 5.41) is 15.5. The Morgan fingerprint density at radius 3 is 2.38 bits per heavy atom. The molecule has 2 aromatic carbocycles. The third-order valence-electron chi connectivity index (χ3n) is 5.25. The van der Waals surface area contributed by atoms with Crippen molar-refractivity contribution in [2.45, 2.75) is 32.2 Å². The molecule has 164 valence electrons. The van der Waals surface area contributed by atoms with E-state index in [0.29, 0.717) is 21.9 Å². The number of carbonyl (C=O) groups is 2. The minimum atomic E-state index is -0.967. The molecule has 1 saturated heterocycles. The van der Waals surface area contributed by atoms with Gasteiger partial charge in [-0.05, 0) is 23.8 Å². The number of hydrogen-bond donors (Lipinski definition) is 1. The number of anilines is 1. The zero-order valence-corrected chi connectivity index (χ0v) is 19.9. The molecule has 0 aliphatic carbocycles. The molecule has 8 heteroatoms. The quantitative estimate of drug-likeness (QED) is 0.262. The Balaban J connectivity index is 1.94. The fourth-order valence-corrected chi connectivity index (χ4v) is 4.06. The lowest BCUT2D eigenvalue weighted by molar-refractivity contribution is -0.132. The molecule has 1 aliphatic heterocycles. The van der Waals surface area contributed by atoms with E-state index in [2.05, 4.69) is 21.1 Å². The van der Waals surface area contributed by atoms with Gasteiger partial charge in [0.1, 0.15) is 11.5 Å². The van der Waals surface area contributed by atoms with E-state index in [9.17, 15) is 14.7 Å². The Morgan fingerprint density at radius 1 is 1.12 bits per heavy atom. The van der Waals surface area contributed by atoms with Gasteiger partial charge in [-0.3, -0.25) is 14.5 Å². The lowest BCUT2D eigenvalue weighted by Gasteiger charge is -2.23. The number of aliphatic hydroxyl groups excluding tert-OH is 1. The topological polar surface area (TPSA) is 83.6 Å². The summed E-state index contributed by atoms with van der Waals surface area (Å²) in [7, 11) is 0. The van der Waals surface area contributed by atoms with Crippen molar-refractivity contribution in [3.63, 3.8) is 0 Å². The zero-order chi connectivity index (χ0) is 23.2. The number of Topliss-reactive ketones (excluding diaryl/α,β-unsaturated/α-hetero) is 1. The number of halogens is 2. The molecule has 1 fully saturated rings. The number of ketones is 1. The van der Waals surface area contributed by atoms with Crippen LogP contribution in [-0.2, 0) is 15.0 Å². The van der Waals surface area contributed by atoms with E-state index < -0.39 is 17.7 Å². The largest absolute Gasteiger partial charge is 0.507 e. The van der Waals surface area contributed by atoms with Crippen LogP contribution < -0.4 is 4.90 Å². The van der Waals surface area contributed by atoms with Gasteiger partial charge in [0.05, 0.1) is 11.6 Å². The summed E-state index contributed by atoms with van der Waals surface area (Å²) in [5.74, 6) is -1.20. The predicted octanol–water partition coefficient (Wildman–Crippen LogP) is 6.01. The Kier molecular flexibility index (Phi) is 5.73. The third kappa shape index (κ3) is 3.87. The van der Waals surface area contributed by atoms with Crippen molar-refractivity contribution < 1.29 is 19.2 Å². The monoisotopic (exact) mass is 514 g/mol. The summed E-state index contributed by atoms with van der Waals surface area (Å²) in [6, 6.07) is 14.3. The van der Waals surface area contributed by atoms with Gasteiger partial charge in [-0.15, -0.1) is 0 Å². The van der Waals surface area contributed by atoms with E-state index in [4.69, 9.17) is 16.1 Å². The minimum Gasteiger partial charge on any atom is -0.507 e. The second-order valence-corrected chi connectivity index (χ2v) is 9.82. The molecule has 0 spiro atoms. The lowest BCUT2D eigenvalue weighted by Crippen LogP contribution is -2.30. The Labute approximate surface area is 198 Å². The predicted molar refractivity (Wildman–Crippen MR) is 126 cm³/mol. The van der Waals surface area contributed by atoms with Crippen molar-refractivity contribution in [3.8, 4) is 0 Å². The van der Waals surface area contributed by atoms with Crippen molar-refractivity contribution in [2.24, 2.45) is 0 Å². The average Bonchev–Trinajstić information content (AvgIpc) is 3.32. The van der Waals surface area contributed by atoms with Crippen LogP contribution in [0.1, 0.15) is 43.7 Å². The van der Waals surface area contributed by atoms with E-state index >= 15 is 0 Å². The van der Waals surface area contributed by atoms with Gasteiger partial charge in [-0.1, -0.05) is 83.8 Å². The number of carbonyl (C=O) groups excluding carboxylic acids is 2. The highest BCUT2D eigenvalue weighted by Gasteiger charge is 2.49. The van der Waals surface area contributed by atoms with Gasteiger partial charge in [-0.2, -0.15) is 0 Å². The molecule has 32 heavy (non-hydrogen) atoms. The molecule has 1 aliphatic rings. The van der Waals surface area contributed by atoms with Crippen molar-refractivity contribution in [1.82, 2.24) is 5.16 Å². The second kappa shape index (κ2) is 8.22. The van der Waals surface area contributed by atoms with Crippen LogP contribution >= 0.6 is 27.5 Å². The molecule has 2 heterocycles. The molecule has 0 radical (unpaired) electrons. The molecular formula is C24H20BrClN2O4. The summed E-state index contributed by atoms with van der Waals surface area (Å²) >= 11 is 9.82. The summed E-state index contributed by atoms with van der Waals surface area (Å²) < 4.78 is 6.28. The van der Waals surface area contributed by atoms with E-state index in [1.54, 1.807) is 54.6 Å². The molecule has 3 aromatic rings. The van der Waals surface area contributed by atoms with Crippen molar-refractivity contribution >= 4 is 50.8 Å². The van der Waals surface area contributed by atoms with Crippen LogP contribution in [0.15, 0.2) is 69.2 Å². The lowest BCUT2D eigenvalue weighted by atomic mass is 9.93. The SMILES string of the molecule is CC(C)(C)c1cc(N2C(=O)C(=O)/C(=C(/O)c3ccc(Br)cc3)[C@H]2c2ccccc2Cl)no1. The zero-order valence-electron chi connectivity index (χ0n) is 17.6. The number of benzene rings is 2. The molecule has 6 nitrogen and oxygen atoms in total. The number of amides is 1. The van der Waals surface area contributed by atoms with Crippen molar-refractivity contribution in [2.75, 3.05) is 4.90 Å². The first-order valence-electron chi connectivity index (χ1n) is 9.88. The van der Waals surface area contributed by atoms with E-state index in [1.165, 1.54) is 4.90 Å². The summed E-state index contributed by atoms with van der Waals surface area (Å²) in [6.45, 7) is 5.85. The summed E-state index contributed by atoms with van der Waals surface area (Å²) in [5.41, 5.74) is 0.479. The highest BCUT2D eigenvalue weighted by atomic mass is 79.9. The highest BCUT2D eigenvalue weighted by Crippen LogP contribution is 2.44. The smallest absolute Gasteiger partial charge is 0.301 e. The molecular weight excluding hydrogens is 496 g/mol. The first kappa shape index (κ1) is 22.3.